The minimum atomic E-state index is -4.48. The Bertz CT molecular complexity index is 236. The Labute approximate surface area is 91.0 Å². The van der Waals surface area contributed by atoms with Gasteiger partial charge in [-0.1, -0.05) is 0 Å². The van der Waals surface area contributed by atoms with Gasteiger partial charge in [-0.15, -0.1) is 11.6 Å². The van der Waals surface area contributed by atoms with Crippen LogP contribution in [0.2, 0.25) is 0 Å². The third kappa shape index (κ3) is 7.25. The van der Waals surface area contributed by atoms with Crippen molar-refractivity contribution in [1.29, 1.82) is 0 Å². The van der Waals surface area contributed by atoms with Crippen molar-refractivity contribution >= 4 is 17.6 Å². The number of hydrogen-bond acceptors (Lipinski definition) is 2. The molecule has 0 spiro atoms. The van der Waals surface area contributed by atoms with E-state index >= 15 is 0 Å². The number of carbonyl (C=O) groups excluding carboxylic acids is 1. The van der Waals surface area contributed by atoms with Crippen LogP contribution < -0.4 is 0 Å². The van der Waals surface area contributed by atoms with Crippen molar-refractivity contribution in [3.8, 4) is 0 Å². The van der Waals surface area contributed by atoms with E-state index in [2.05, 4.69) is 4.74 Å². The van der Waals surface area contributed by atoms with Crippen LogP contribution in [0.4, 0.5) is 13.2 Å². The lowest BCUT2D eigenvalue weighted by molar-refractivity contribution is -0.138. The molecule has 0 aliphatic rings. The summed E-state index contributed by atoms with van der Waals surface area (Å²) in [6.45, 7) is 0.910. The highest BCUT2D eigenvalue weighted by molar-refractivity contribution is 6.17. The van der Waals surface area contributed by atoms with Crippen LogP contribution in [0.15, 0.2) is 11.6 Å². The van der Waals surface area contributed by atoms with Crippen LogP contribution in [0.3, 0.4) is 0 Å². The number of carbonyl (C=O) groups is 1. The average molecular weight is 245 g/mol. The van der Waals surface area contributed by atoms with E-state index in [-0.39, 0.29) is 6.61 Å². The molecule has 0 rings (SSSR count). The van der Waals surface area contributed by atoms with Crippen LogP contribution in [-0.4, -0.2) is 24.6 Å². The minimum Gasteiger partial charge on any atom is -0.463 e. The van der Waals surface area contributed by atoms with Gasteiger partial charge < -0.3 is 4.74 Å². The molecule has 0 aromatic heterocycles. The van der Waals surface area contributed by atoms with Gasteiger partial charge in [0.05, 0.1) is 6.61 Å². The van der Waals surface area contributed by atoms with E-state index in [1.54, 1.807) is 0 Å². The fraction of sp³-hybridized carbons (Fsp3) is 0.667. The van der Waals surface area contributed by atoms with Gasteiger partial charge in [0.1, 0.15) is 0 Å². The zero-order valence-electron chi connectivity index (χ0n) is 8.23. The van der Waals surface area contributed by atoms with E-state index in [4.69, 9.17) is 11.6 Å². The molecule has 0 unspecified atom stereocenters. The maximum atomic E-state index is 12.0. The predicted molar refractivity (Wildman–Crippen MR) is 50.7 cm³/mol. The van der Waals surface area contributed by atoms with Crippen LogP contribution in [0.1, 0.15) is 19.8 Å². The van der Waals surface area contributed by atoms with Crippen molar-refractivity contribution < 1.29 is 22.7 Å². The van der Waals surface area contributed by atoms with Gasteiger partial charge in [-0.2, -0.15) is 13.2 Å². The second kappa shape index (κ2) is 6.71. The van der Waals surface area contributed by atoms with E-state index in [0.29, 0.717) is 24.8 Å². The predicted octanol–water partition coefficient (Wildman–Crippen LogP) is 3.06. The van der Waals surface area contributed by atoms with E-state index in [1.165, 1.54) is 0 Å². The van der Waals surface area contributed by atoms with Gasteiger partial charge in [0.25, 0.3) is 0 Å². The smallest absolute Gasteiger partial charge is 0.412 e. The average Bonchev–Trinajstić information content (AvgIpc) is 2.11. The first-order valence-electron chi connectivity index (χ1n) is 4.36. The molecule has 0 fully saturated rings. The highest BCUT2D eigenvalue weighted by Crippen LogP contribution is 2.24. The molecule has 6 heteroatoms. The molecule has 88 valence electrons. The maximum Gasteiger partial charge on any atom is 0.412 e. The molecule has 0 aliphatic heterocycles. The Hall–Kier alpha value is -0.710. The minimum absolute atomic E-state index is 0.0905. The Morgan fingerprint density at radius 3 is 2.47 bits per heavy atom. The first-order valence-corrected chi connectivity index (χ1v) is 4.89. The lowest BCUT2D eigenvalue weighted by atomic mass is 10.3. The Morgan fingerprint density at radius 2 is 2.00 bits per heavy atom. The van der Waals surface area contributed by atoms with Gasteiger partial charge >= 0.3 is 12.1 Å². The van der Waals surface area contributed by atoms with Crippen LogP contribution >= 0.6 is 11.6 Å². The summed E-state index contributed by atoms with van der Waals surface area (Å²) in [5.74, 6) is -0.533. The molecule has 0 amide bonds. The molecule has 15 heavy (non-hydrogen) atoms. The summed E-state index contributed by atoms with van der Waals surface area (Å²) in [6.07, 6.45) is -2.82. The number of ether oxygens (including phenoxy) is 1. The monoisotopic (exact) mass is 244 g/mol. The normalized spacial score (nSPS) is 12.7. The number of alkyl halides is 4. The molecule has 0 saturated carbocycles. The number of esters is 1. The Balaban J connectivity index is 3.92. The van der Waals surface area contributed by atoms with Crippen molar-refractivity contribution in [1.82, 2.24) is 0 Å². The van der Waals surface area contributed by atoms with Gasteiger partial charge in [0, 0.05) is 17.5 Å². The molecule has 0 aliphatic carbocycles. The van der Waals surface area contributed by atoms with E-state index < -0.39 is 17.7 Å². The van der Waals surface area contributed by atoms with Crippen molar-refractivity contribution in [3.63, 3.8) is 0 Å². The molecule has 0 aromatic rings. The van der Waals surface area contributed by atoms with Crippen molar-refractivity contribution in [2.45, 2.75) is 25.9 Å². The quantitative estimate of drug-likeness (QED) is 0.322. The fourth-order valence-corrected chi connectivity index (χ4v) is 0.859. The van der Waals surface area contributed by atoms with Gasteiger partial charge in [0.15, 0.2) is 0 Å². The third-order valence-electron chi connectivity index (χ3n) is 1.55. The standard InChI is InChI=1S/C9H12ClF3O2/c1-7(9(11,12)13)6-8(14)15-5-3-2-4-10/h6H,2-5H2,1H3/b7-6+. The molecule has 2 nitrogen and oxygen atoms in total. The van der Waals surface area contributed by atoms with Crippen LogP contribution in [0, 0.1) is 0 Å². The van der Waals surface area contributed by atoms with Gasteiger partial charge in [-0.3, -0.25) is 0 Å². The van der Waals surface area contributed by atoms with Crippen molar-refractivity contribution in [3.05, 3.63) is 11.6 Å². The highest BCUT2D eigenvalue weighted by atomic mass is 35.5. The van der Waals surface area contributed by atoms with E-state index in [9.17, 15) is 18.0 Å². The van der Waals surface area contributed by atoms with Crippen LogP contribution in [0.5, 0.6) is 0 Å². The summed E-state index contributed by atoms with van der Waals surface area (Å²) in [5.41, 5.74) is -0.968. The largest absolute Gasteiger partial charge is 0.463 e. The molecular formula is C9H12ClF3O2. The molecule has 0 heterocycles. The van der Waals surface area contributed by atoms with Crippen LogP contribution in [-0.2, 0) is 9.53 Å². The van der Waals surface area contributed by atoms with E-state index in [0.717, 1.165) is 6.92 Å². The summed E-state index contributed by atoms with van der Waals surface area (Å²) in [7, 11) is 0. The van der Waals surface area contributed by atoms with E-state index in [1.807, 2.05) is 0 Å². The molecular weight excluding hydrogens is 233 g/mol. The zero-order chi connectivity index (χ0) is 11.9. The summed E-state index contributed by atoms with van der Waals surface area (Å²) in [6, 6.07) is 0. The maximum absolute atomic E-state index is 12.0. The topological polar surface area (TPSA) is 26.3 Å². The lowest BCUT2D eigenvalue weighted by Gasteiger charge is -2.06. The number of allylic oxidation sites excluding steroid dienone is 1. The number of halogens is 4. The second-order valence-corrected chi connectivity index (χ2v) is 3.27. The third-order valence-corrected chi connectivity index (χ3v) is 1.82. The first-order chi connectivity index (χ1) is 6.88. The molecule has 0 N–H and O–H groups in total. The summed E-state index contributed by atoms with van der Waals surface area (Å²) >= 11 is 5.36. The molecule has 0 bridgehead atoms. The first kappa shape index (κ1) is 14.3. The summed E-state index contributed by atoms with van der Waals surface area (Å²) in [4.78, 5) is 10.8. The number of hydrogen-bond donors (Lipinski definition) is 0. The molecule has 0 atom stereocenters. The lowest BCUT2D eigenvalue weighted by Crippen LogP contribution is -2.12. The van der Waals surface area contributed by atoms with Gasteiger partial charge in [0.2, 0.25) is 0 Å². The SMILES string of the molecule is C/C(=C\C(=O)OCCCCCl)C(F)(F)F. The number of unbranched alkanes of at least 4 members (excludes halogenated alkanes) is 1. The van der Waals surface area contributed by atoms with Gasteiger partial charge in [-0.25, -0.2) is 4.79 Å². The highest BCUT2D eigenvalue weighted by Gasteiger charge is 2.30. The van der Waals surface area contributed by atoms with Crippen LogP contribution in [0.25, 0.3) is 0 Å². The zero-order valence-corrected chi connectivity index (χ0v) is 8.99. The van der Waals surface area contributed by atoms with Crippen molar-refractivity contribution in [2.75, 3.05) is 12.5 Å². The van der Waals surface area contributed by atoms with Gasteiger partial charge in [-0.05, 0) is 19.8 Å². The Kier molecular flexibility index (Phi) is 6.40. The van der Waals surface area contributed by atoms with Crippen molar-refractivity contribution in [2.24, 2.45) is 0 Å². The number of rotatable bonds is 5. The fourth-order valence-electron chi connectivity index (χ4n) is 0.670. The summed E-state index contributed by atoms with van der Waals surface area (Å²) < 4.78 is 40.4. The second-order valence-electron chi connectivity index (χ2n) is 2.89. The summed E-state index contributed by atoms with van der Waals surface area (Å²) in [5, 5.41) is 0. The molecule has 0 aromatic carbocycles. The molecule has 0 radical (unpaired) electrons. The Morgan fingerprint density at radius 1 is 1.40 bits per heavy atom. The molecule has 0 saturated heterocycles.